The molecule has 0 spiro atoms. The SMILES string of the molecule is C=C(NCc1cc(Cl)cc(C(=C)N)c1N=C(C)N1CCC(F)(F)CC1)/C(=C\C(F)=C/C)C(=O)O.CC.CC.CC. The first-order valence-electron chi connectivity index (χ1n) is 13.5. The van der Waals surface area contributed by atoms with Crippen LogP contribution in [0.25, 0.3) is 5.70 Å². The van der Waals surface area contributed by atoms with Crippen molar-refractivity contribution in [2.45, 2.75) is 80.7 Å². The summed E-state index contributed by atoms with van der Waals surface area (Å²) in [6.45, 7) is 22.9. The Labute approximate surface area is 243 Å². The fourth-order valence-corrected chi connectivity index (χ4v) is 3.59. The van der Waals surface area contributed by atoms with Crippen LogP contribution in [0, 0.1) is 0 Å². The number of nitrogens with one attached hydrogen (secondary N) is 1. The predicted molar refractivity (Wildman–Crippen MR) is 164 cm³/mol. The lowest BCUT2D eigenvalue weighted by Crippen LogP contribution is -2.41. The second-order valence-corrected chi connectivity index (χ2v) is 8.29. The highest BCUT2D eigenvalue weighted by Gasteiger charge is 2.34. The Kier molecular flexibility index (Phi) is 19.3. The summed E-state index contributed by atoms with van der Waals surface area (Å²) in [6.07, 6.45) is 1.45. The number of rotatable bonds is 8. The van der Waals surface area contributed by atoms with Crippen molar-refractivity contribution in [1.82, 2.24) is 10.2 Å². The van der Waals surface area contributed by atoms with Gasteiger partial charge in [0.15, 0.2) is 0 Å². The molecule has 0 aromatic heterocycles. The summed E-state index contributed by atoms with van der Waals surface area (Å²) in [7, 11) is 0. The molecule has 4 N–H and O–H groups in total. The van der Waals surface area contributed by atoms with Gasteiger partial charge >= 0.3 is 5.97 Å². The summed E-state index contributed by atoms with van der Waals surface area (Å²) in [6, 6.07) is 3.20. The number of hydrogen-bond acceptors (Lipinski definition) is 4. The van der Waals surface area contributed by atoms with Crippen molar-refractivity contribution in [2.24, 2.45) is 10.7 Å². The van der Waals surface area contributed by atoms with Crippen LogP contribution in [-0.2, 0) is 11.3 Å². The lowest BCUT2D eigenvalue weighted by molar-refractivity contribution is -0.132. The van der Waals surface area contributed by atoms with E-state index in [-0.39, 0.29) is 49.4 Å². The maximum absolute atomic E-state index is 13.6. The maximum Gasteiger partial charge on any atom is 0.337 e. The van der Waals surface area contributed by atoms with Crippen molar-refractivity contribution in [1.29, 1.82) is 0 Å². The van der Waals surface area contributed by atoms with Gasteiger partial charge in [-0.25, -0.2) is 23.0 Å². The molecule has 0 atom stereocenters. The van der Waals surface area contributed by atoms with E-state index in [0.717, 1.165) is 12.2 Å². The van der Waals surface area contributed by atoms with E-state index in [4.69, 9.17) is 17.3 Å². The van der Waals surface area contributed by atoms with E-state index in [1.807, 2.05) is 41.5 Å². The summed E-state index contributed by atoms with van der Waals surface area (Å²) in [5.41, 5.74) is 7.16. The van der Waals surface area contributed by atoms with Crippen LogP contribution >= 0.6 is 11.6 Å². The zero-order valence-electron chi connectivity index (χ0n) is 25.1. The molecule has 0 unspecified atom stereocenters. The van der Waals surface area contributed by atoms with Gasteiger partial charge in [-0.3, -0.25) is 0 Å². The lowest BCUT2D eigenvalue weighted by atomic mass is 10.0. The number of aliphatic carboxylic acids is 1. The molecule has 1 aliphatic rings. The number of hydrogen-bond donors (Lipinski definition) is 3. The van der Waals surface area contributed by atoms with Gasteiger partial charge in [-0.2, -0.15) is 0 Å². The third-order valence-electron chi connectivity index (χ3n) is 5.33. The number of amidine groups is 1. The lowest BCUT2D eigenvalue weighted by Gasteiger charge is -2.33. The molecule has 0 aliphatic carbocycles. The molecule has 0 saturated carbocycles. The quantitative estimate of drug-likeness (QED) is 0.123. The summed E-state index contributed by atoms with van der Waals surface area (Å²) >= 11 is 6.25. The molecular formula is C30H46ClF3N4O2. The van der Waals surface area contributed by atoms with Crippen molar-refractivity contribution in [2.75, 3.05) is 13.1 Å². The highest BCUT2D eigenvalue weighted by Crippen LogP contribution is 2.33. The molecular weight excluding hydrogens is 541 g/mol. The molecule has 1 saturated heterocycles. The maximum atomic E-state index is 13.6. The number of nitrogens with two attached hydrogens (primary N) is 1. The summed E-state index contributed by atoms with van der Waals surface area (Å²) in [4.78, 5) is 17.9. The Morgan fingerprint density at radius 3 is 2.15 bits per heavy atom. The molecule has 226 valence electrons. The first kappa shape index (κ1) is 38.9. The van der Waals surface area contributed by atoms with Crippen LogP contribution in [0.4, 0.5) is 18.9 Å². The van der Waals surface area contributed by atoms with Gasteiger partial charge in [-0.1, -0.05) is 72.4 Å². The smallest absolute Gasteiger partial charge is 0.337 e. The van der Waals surface area contributed by atoms with E-state index in [1.54, 1.807) is 24.0 Å². The number of halogens is 4. The van der Waals surface area contributed by atoms with Crippen LogP contribution in [0.1, 0.15) is 79.4 Å². The van der Waals surface area contributed by atoms with E-state index in [9.17, 15) is 23.1 Å². The first-order valence-corrected chi connectivity index (χ1v) is 13.9. The van der Waals surface area contributed by atoms with Crippen LogP contribution in [0.3, 0.4) is 0 Å². The minimum absolute atomic E-state index is 0.0255. The topological polar surface area (TPSA) is 91.0 Å². The fraction of sp³-hybridized carbons (Fsp3) is 0.467. The minimum Gasteiger partial charge on any atom is -0.478 e. The highest BCUT2D eigenvalue weighted by molar-refractivity contribution is 6.31. The van der Waals surface area contributed by atoms with Crippen molar-refractivity contribution < 1.29 is 23.1 Å². The minimum atomic E-state index is -2.69. The number of nitrogens with zero attached hydrogens (tertiary/aromatic N) is 2. The number of carboxylic acids is 1. The van der Waals surface area contributed by atoms with Crippen LogP contribution in [0.2, 0.25) is 5.02 Å². The Hall–Kier alpha value is -3.20. The molecule has 0 amide bonds. The van der Waals surface area contributed by atoms with Gasteiger partial charge in [-0.15, -0.1) is 0 Å². The van der Waals surface area contributed by atoms with Crippen LogP contribution in [0.5, 0.6) is 0 Å². The molecule has 0 bridgehead atoms. The average molecular weight is 587 g/mol. The van der Waals surface area contributed by atoms with Gasteiger partial charge < -0.3 is 21.1 Å². The van der Waals surface area contributed by atoms with Crippen molar-refractivity contribution in [3.05, 3.63) is 70.7 Å². The Balaban J connectivity index is 0. The number of allylic oxidation sites excluding steroid dienone is 3. The van der Waals surface area contributed by atoms with Crippen LogP contribution in [-0.4, -0.2) is 40.8 Å². The Morgan fingerprint density at radius 1 is 1.18 bits per heavy atom. The second-order valence-electron chi connectivity index (χ2n) is 7.86. The number of likely N-dealkylation sites (tertiary alicyclic amines) is 1. The fourth-order valence-electron chi connectivity index (χ4n) is 3.35. The van der Waals surface area contributed by atoms with Crippen molar-refractivity contribution >= 4 is 34.8 Å². The molecule has 1 heterocycles. The van der Waals surface area contributed by atoms with E-state index in [1.165, 1.54) is 6.92 Å². The molecule has 1 aromatic rings. The van der Waals surface area contributed by atoms with Crippen LogP contribution < -0.4 is 11.1 Å². The molecule has 40 heavy (non-hydrogen) atoms. The van der Waals surface area contributed by atoms with Gasteiger partial charge in [0.25, 0.3) is 5.92 Å². The summed E-state index contributed by atoms with van der Waals surface area (Å²) < 4.78 is 40.7. The molecule has 10 heteroatoms. The first-order chi connectivity index (χ1) is 18.8. The Morgan fingerprint density at radius 2 is 1.70 bits per heavy atom. The van der Waals surface area contributed by atoms with Gasteiger partial charge in [-0.05, 0) is 37.6 Å². The zero-order valence-corrected chi connectivity index (χ0v) is 25.9. The molecule has 1 aliphatic heterocycles. The summed E-state index contributed by atoms with van der Waals surface area (Å²) in [5.74, 6) is -4.25. The number of benzene rings is 1. The van der Waals surface area contributed by atoms with Gasteiger partial charge in [0.05, 0.1) is 11.3 Å². The van der Waals surface area contributed by atoms with E-state index >= 15 is 0 Å². The van der Waals surface area contributed by atoms with Gasteiger partial charge in [0.2, 0.25) is 0 Å². The van der Waals surface area contributed by atoms with Gasteiger partial charge in [0.1, 0.15) is 11.7 Å². The van der Waals surface area contributed by atoms with Crippen LogP contribution in [0.15, 0.2) is 59.5 Å². The highest BCUT2D eigenvalue weighted by atomic mass is 35.5. The Bertz CT molecular complexity index is 1070. The monoisotopic (exact) mass is 586 g/mol. The number of carbonyl (C=O) groups is 1. The zero-order chi connectivity index (χ0) is 31.6. The molecule has 0 radical (unpaired) electrons. The average Bonchev–Trinajstić information content (AvgIpc) is 2.94. The number of aliphatic imine (C=N–C) groups is 1. The van der Waals surface area contributed by atoms with E-state index < -0.39 is 17.7 Å². The number of alkyl halides is 2. The van der Waals surface area contributed by atoms with Gasteiger partial charge in [0, 0.05) is 54.5 Å². The number of carboxylic acid groups (broad SMARTS) is 1. The van der Waals surface area contributed by atoms with Crippen molar-refractivity contribution in [3.63, 3.8) is 0 Å². The van der Waals surface area contributed by atoms with E-state index in [2.05, 4.69) is 23.5 Å². The number of piperidine rings is 1. The molecule has 1 aromatic carbocycles. The normalized spacial score (nSPS) is 14.8. The second kappa shape index (κ2) is 19.8. The molecule has 2 rings (SSSR count). The molecule has 1 fully saturated rings. The molecule has 6 nitrogen and oxygen atoms in total. The largest absolute Gasteiger partial charge is 0.478 e. The van der Waals surface area contributed by atoms with E-state index in [0.29, 0.717) is 27.7 Å². The third-order valence-corrected chi connectivity index (χ3v) is 5.55. The predicted octanol–water partition coefficient (Wildman–Crippen LogP) is 8.62. The van der Waals surface area contributed by atoms with Crippen molar-refractivity contribution in [3.8, 4) is 0 Å². The standard InChI is InChI=1S/C24H28ClF3N4O2.3C2H6/c1-5-19(26)12-21(23(33)34)15(3)30-13-17-10-18(25)11-20(14(2)29)22(17)31-16(4)32-8-6-24(27,28)7-9-32;3*1-2/h5,10-12,30H,2-3,6-9,13,29H2,1,4H3,(H,33,34);3*1-2H3/b19-5+,21-12+,31-16?;;;. The summed E-state index contributed by atoms with van der Waals surface area (Å²) in [5, 5.41) is 12.6. The third kappa shape index (κ3) is 12.8.